The Morgan fingerprint density at radius 3 is 1.11 bits per heavy atom. The molecule has 144 valence electrons. The van der Waals surface area contributed by atoms with Crippen LogP contribution in [0.4, 0.5) is 0 Å². The zero-order valence-corrected chi connectivity index (χ0v) is 19.0. The van der Waals surface area contributed by atoms with Crippen LogP contribution in [-0.2, 0) is 20.2 Å². The Hall–Kier alpha value is -0.880. The maximum absolute atomic E-state index is 10.7. The molecule has 2 N–H and O–H groups in total. The number of phenolic OH excluding ortho intramolecular Hbond substituents is 2. The predicted molar refractivity (Wildman–Crippen MR) is 96.8 cm³/mol. The van der Waals surface area contributed by atoms with Crippen molar-refractivity contribution < 1.29 is 36.2 Å². The molecule has 0 saturated heterocycles. The van der Waals surface area contributed by atoms with E-state index in [1.165, 1.54) is 26.0 Å². The van der Waals surface area contributed by atoms with Gasteiger partial charge in [-0.3, -0.25) is 0 Å². The van der Waals surface area contributed by atoms with Crippen LogP contribution in [0.1, 0.15) is 22.3 Å². The van der Waals surface area contributed by atoms with E-state index in [4.69, 9.17) is 0 Å². The summed E-state index contributed by atoms with van der Waals surface area (Å²) < 4.78 is 64.1. The Bertz CT molecular complexity index is 959. The van der Waals surface area contributed by atoms with Crippen molar-refractivity contribution in [2.24, 2.45) is 0 Å². The number of benzene rings is 2. The fraction of sp³-hybridized carbons (Fsp3) is 0.250. The van der Waals surface area contributed by atoms with E-state index in [0.29, 0.717) is 22.3 Å². The fourth-order valence-corrected chi connectivity index (χ4v) is 3.63. The van der Waals surface area contributed by atoms with Crippen molar-refractivity contribution in [2.75, 3.05) is 0 Å². The molecule has 0 radical (unpaired) electrons. The summed E-state index contributed by atoms with van der Waals surface area (Å²) >= 11 is 0. The van der Waals surface area contributed by atoms with Crippen LogP contribution < -0.4 is 0 Å². The minimum Gasteiger partial charge on any atom is -0.744 e. The number of aromatic hydroxyl groups is 2. The molecule has 0 bridgehead atoms. The summed E-state index contributed by atoms with van der Waals surface area (Å²) in [6, 6.07) is 4.63. The van der Waals surface area contributed by atoms with Gasteiger partial charge in [-0.25, -0.2) is 16.8 Å². The zero-order valence-electron chi connectivity index (χ0n) is 15.2. The van der Waals surface area contributed by atoms with Crippen molar-refractivity contribution in [1.82, 2.24) is 0 Å². The summed E-state index contributed by atoms with van der Waals surface area (Å²) in [7, 11) is -8.87. The molecular formula is C16H18CaO8S2. The molecule has 0 aromatic heterocycles. The molecule has 8 nitrogen and oxygen atoms in total. The number of phenols is 2. The summed E-state index contributed by atoms with van der Waals surface area (Å²) in [6.07, 6.45) is 0. The molecule has 27 heavy (non-hydrogen) atoms. The summed E-state index contributed by atoms with van der Waals surface area (Å²) in [6.45, 7) is 6.08. The maximum atomic E-state index is 10.7. The molecule has 0 amide bonds. The van der Waals surface area contributed by atoms with Crippen LogP contribution in [0.25, 0.3) is 0 Å². The third-order valence-electron chi connectivity index (χ3n) is 3.96. The van der Waals surface area contributed by atoms with Gasteiger partial charge in [-0.15, -0.1) is 0 Å². The topological polar surface area (TPSA) is 155 Å². The van der Waals surface area contributed by atoms with Crippen molar-refractivity contribution in [3.05, 3.63) is 46.5 Å². The van der Waals surface area contributed by atoms with Gasteiger partial charge in [0.2, 0.25) is 0 Å². The van der Waals surface area contributed by atoms with Crippen molar-refractivity contribution in [3.63, 3.8) is 0 Å². The van der Waals surface area contributed by atoms with Gasteiger partial charge in [0.05, 0.1) is 9.79 Å². The van der Waals surface area contributed by atoms with Crippen LogP contribution in [0.3, 0.4) is 0 Å². The third-order valence-corrected chi connectivity index (χ3v) is 5.92. The van der Waals surface area contributed by atoms with Gasteiger partial charge in [0.15, 0.2) is 0 Å². The van der Waals surface area contributed by atoms with Crippen LogP contribution in [0, 0.1) is 27.7 Å². The molecule has 0 aliphatic carbocycles. The molecule has 0 atom stereocenters. The molecule has 2 aromatic rings. The van der Waals surface area contributed by atoms with E-state index in [2.05, 4.69) is 0 Å². The normalized spacial score (nSPS) is 11.2. The van der Waals surface area contributed by atoms with Gasteiger partial charge in [-0.1, -0.05) is 0 Å². The van der Waals surface area contributed by atoms with Gasteiger partial charge >= 0.3 is 37.7 Å². The van der Waals surface area contributed by atoms with E-state index in [1.807, 2.05) is 0 Å². The first-order valence-corrected chi connectivity index (χ1v) is 9.99. The Balaban J connectivity index is 0.000000483. The van der Waals surface area contributed by atoms with Crippen LogP contribution in [0.5, 0.6) is 11.5 Å². The molecule has 0 spiro atoms. The Morgan fingerprint density at radius 1 is 0.630 bits per heavy atom. The molecule has 0 saturated carbocycles. The average molecular weight is 443 g/mol. The van der Waals surface area contributed by atoms with E-state index in [-0.39, 0.29) is 59.0 Å². The van der Waals surface area contributed by atoms with Gasteiger partial charge in [0.25, 0.3) is 0 Å². The third kappa shape index (κ3) is 6.60. The largest absolute Gasteiger partial charge is 2.00 e. The molecule has 0 fully saturated rings. The monoisotopic (exact) mass is 442 g/mol. The molecule has 0 heterocycles. The average Bonchev–Trinajstić information content (AvgIpc) is 2.48. The molecule has 2 rings (SSSR count). The molecule has 2 aromatic carbocycles. The standard InChI is InChI=1S/2C8H10O4S.Ca/c2*1-5-6(2)8(13(10,11)12)4-3-7(5)9;/h2*3-4,9H,1-2H3,(H,10,11,12);/q;;+2/p-2. The fourth-order valence-electron chi connectivity index (χ4n) is 2.10. The number of rotatable bonds is 2. The minimum absolute atomic E-state index is 0. The van der Waals surface area contributed by atoms with E-state index in [9.17, 15) is 36.2 Å². The van der Waals surface area contributed by atoms with Crippen LogP contribution in [0.2, 0.25) is 0 Å². The summed E-state index contributed by atoms with van der Waals surface area (Å²) in [5, 5.41) is 18.4. The van der Waals surface area contributed by atoms with E-state index < -0.39 is 20.2 Å². The van der Waals surface area contributed by atoms with Gasteiger partial charge in [-0.05, 0) is 74.2 Å². The number of hydrogen-bond acceptors (Lipinski definition) is 8. The van der Waals surface area contributed by atoms with Gasteiger partial charge in [0, 0.05) is 0 Å². The first-order chi connectivity index (χ1) is 11.7. The molecule has 0 aliphatic heterocycles. The van der Waals surface area contributed by atoms with E-state index in [1.54, 1.807) is 13.8 Å². The SMILES string of the molecule is Cc1c(O)ccc(S(=O)(=O)[O-])c1C.Cc1c(O)ccc(S(=O)(=O)[O-])c1C.[Ca+2]. The zero-order chi connectivity index (χ0) is 20.4. The van der Waals surface area contributed by atoms with Crippen molar-refractivity contribution in [3.8, 4) is 11.5 Å². The van der Waals surface area contributed by atoms with Crippen LogP contribution in [0.15, 0.2) is 34.1 Å². The second-order valence-electron chi connectivity index (χ2n) is 5.57. The van der Waals surface area contributed by atoms with E-state index in [0.717, 1.165) is 12.1 Å². The second kappa shape index (κ2) is 9.55. The number of hydrogen-bond donors (Lipinski definition) is 2. The van der Waals surface area contributed by atoms with Gasteiger partial charge in [0.1, 0.15) is 31.7 Å². The Kier molecular flexibility index (Phi) is 9.24. The van der Waals surface area contributed by atoms with Crippen LogP contribution >= 0.6 is 0 Å². The summed E-state index contributed by atoms with van der Waals surface area (Å²) in [5.74, 6) is -0.0187. The summed E-state index contributed by atoms with van der Waals surface area (Å²) in [5.41, 5.74) is 1.43. The van der Waals surface area contributed by atoms with Crippen molar-refractivity contribution in [1.29, 1.82) is 0 Å². The van der Waals surface area contributed by atoms with E-state index >= 15 is 0 Å². The van der Waals surface area contributed by atoms with Crippen molar-refractivity contribution in [2.45, 2.75) is 37.5 Å². The van der Waals surface area contributed by atoms with Crippen molar-refractivity contribution >= 4 is 58.0 Å². The summed E-state index contributed by atoms with van der Waals surface area (Å²) in [4.78, 5) is -0.550. The van der Waals surface area contributed by atoms with Gasteiger partial charge < -0.3 is 19.3 Å². The maximum Gasteiger partial charge on any atom is 2.00 e. The predicted octanol–water partition coefficient (Wildman–Crippen LogP) is 1.45. The quantitative estimate of drug-likeness (QED) is 0.523. The molecule has 0 unspecified atom stereocenters. The van der Waals surface area contributed by atoms with Gasteiger partial charge in [-0.2, -0.15) is 0 Å². The molecule has 0 aliphatic rings. The smallest absolute Gasteiger partial charge is 0.744 e. The first-order valence-electron chi connectivity index (χ1n) is 7.18. The second-order valence-corrected chi connectivity index (χ2v) is 8.27. The molecular weight excluding hydrogens is 424 g/mol. The Morgan fingerprint density at radius 2 is 0.889 bits per heavy atom. The first kappa shape index (κ1) is 26.1. The Labute approximate surface area is 188 Å². The molecule has 11 heteroatoms. The van der Waals surface area contributed by atoms with Crippen LogP contribution in [-0.4, -0.2) is 73.9 Å². The minimum atomic E-state index is -4.43.